The number of hydrogen-bond donors (Lipinski definition) is 2. The van der Waals surface area contributed by atoms with Crippen molar-refractivity contribution in [2.75, 3.05) is 4.72 Å². The van der Waals surface area contributed by atoms with Gasteiger partial charge in [0.2, 0.25) is 0 Å². The Morgan fingerprint density at radius 3 is 2.39 bits per heavy atom. The summed E-state index contributed by atoms with van der Waals surface area (Å²) in [6.07, 6.45) is 7.14. The summed E-state index contributed by atoms with van der Waals surface area (Å²) in [6.45, 7) is 0. The van der Waals surface area contributed by atoms with Crippen molar-refractivity contribution in [2.45, 2.75) is 43.5 Å². The molecule has 1 aliphatic carbocycles. The topological polar surface area (TPSA) is 71.1 Å². The van der Waals surface area contributed by atoms with Crippen molar-refractivity contribution in [1.29, 1.82) is 0 Å². The Morgan fingerprint density at radius 1 is 0.893 bits per heavy atom. The monoisotopic (exact) mass is 395 g/mol. The lowest BCUT2D eigenvalue weighted by Gasteiger charge is -2.29. The lowest BCUT2D eigenvalue weighted by Crippen LogP contribution is -2.40. The highest BCUT2D eigenvalue weighted by Gasteiger charge is 2.30. The molecule has 1 unspecified atom stereocenters. The number of nitrogens with one attached hydrogen (secondary N) is 2. The Hall–Kier alpha value is -2.44. The second-order valence-electron chi connectivity index (χ2n) is 7.32. The molecule has 5 nitrogen and oxygen atoms in total. The first-order chi connectivity index (χ1) is 13.6. The van der Waals surface area contributed by atoms with Crippen LogP contribution in [0.2, 0.25) is 0 Å². The summed E-state index contributed by atoms with van der Waals surface area (Å²) in [7, 11) is -3.74. The minimum atomic E-state index is -3.74. The lowest BCUT2D eigenvalue weighted by molar-refractivity contribution is 0.364. The number of aromatic nitrogens is 1. The van der Waals surface area contributed by atoms with Crippen molar-refractivity contribution in [1.82, 2.24) is 10.3 Å². The zero-order valence-corrected chi connectivity index (χ0v) is 16.5. The fourth-order valence-electron chi connectivity index (χ4n) is 3.87. The van der Waals surface area contributed by atoms with Gasteiger partial charge in [0, 0.05) is 17.6 Å². The summed E-state index contributed by atoms with van der Waals surface area (Å²) in [5.74, 6) is 0.365. The third-order valence-electron chi connectivity index (χ3n) is 5.32. The van der Waals surface area contributed by atoms with Crippen molar-refractivity contribution in [3.05, 3.63) is 72.4 Å². The molecule has 1 atom stereocenters. The molecule has 1 heterocycles. The fourth-order valence-corrected chi connectivity index (χ4v) is 5.31. The number of hydrogen-bond acceptors (Lipinski definition) is 4. The second kappa shape index (κ2) is 8.29. The maximum atomic E-state index is 13.4. The number of sulfonamides is 1. The van der Waals surface area contributed by atoms with Crippen LogP contribution in [0.1, 0.15) is 43.0 Å². The van der Waals surface area contributed by atoms with Gasteiger partial charge in [0.15, 0.2) is 5.37 Å². The molecule has 146 valence electrons. The maximum absolute atomic E-state index is 13.4. The van der Waals surface area contributed by atoms with E-state index < -0.39 is 15.4 Å². The van der Waals surface area contributed by atoms with E-state index in [0.29, 0.717) is 5.82 Å². The second-order valence-corrected chi connectivity index (χ2v) is 9.09. The van der Waals surface area contributed by atoms with E-state index in [1.54, 1.807) is 6.20 Å². The van der Waals surface area contributed by atoms with Crippen LogP contribution in [0.5, 0.6) is 0 Å². The van der Waals surface area contributed by atoms with Gasteiger partial charge in [-0.25, -0.2) is 13.4 Å². The zero-order valence-electron chi connectivity index (χ0n) is 15.7. The van der Waals surface area contributed by atoms with Gasteiger partial charge in [-0.05, 0) is 29.9 Å². The normalized spacial score (nSPS) is 16.7. The fraction of sp³-hybridized carbons (Fsp3) is 0.318. The van der Waals surface area contributed by atoms with Crippen LogP contribution in [0, 0.1) is 0 Å². The Kier molecular flexibility index (Phi) is 5.59. The van der Waals surface area contributed by atoms with E-state index in [2.05, 4.69) is 15.0 Å². The van der Waals surface area contributed by atoms with Gasteiger partial charge in [-0.15, -0.1) is 0 Å². The summed E-state index contributed by atoms with van der Waals surface area (Å²) >= 11 is 0. The highest BCUT2D eigenvalue weighted by molar-refractivity contribution is 7.92. The van der Waals surface area contributed by atoms with Crippen molar-refractivity contribution in [2.24, 2.45) is 0 Å². The molecular weight excluding hydrogens is 370 g/mol. The van der Waals surface area contributed by atoms with Gasteiger partial charge in [-0.3, -0.25) is 10.0 Å². The third kappa shape index (κ3) is 4.18. The van der Waals surface area contributed by atoms with Crippen molar-refractivity contribution in [3.63, 3.8) is 0 Å². The van der Waals surface area contributed by atoms with Crippen LogP contribution in [0.25, 0.3) is 10.8 Å². The van der Waals surface area contributed by atoms with Crippen LogP contribution in [0.3, 0.4) is 0 Å². The molecule has 0 aliphatic heterocycles. The van der Waals surface area contributed by atoms with Crippen LogP contribution in [-0.2, 0) is 10.0 Å². The first-order valence-corrected chi connectivity index (χ1v) is 11.3. The summed E-state index contributed by atoms with van der Waals surface area (Å²) < 4.78 is 29.6. The molecule has 0 saturated heterocycles. The van der Waals surface area contributed by atoms with Gasteiger partial charge in [0.1, 0.15) is 5.82 Å². The van der Waals surface area contributed by atoms with Crippen LogP contribution in [-0.4, -0.2) is 19.4 Å². The SMILES string of the molecule is O=S(=O)(Nc1nccc2ccccc12)C(NC1CCCCC1)c1ccccc1. The van der Waals surface area contributed by atoms with E-state index in [1.807, 2.05) is 60.7 Å². The molecular formula is C22H25N3O2S. The summed E-state index contributed by atoms with van der Waals surface area (Å²) in [4.78, 5) is 4.30. The molecule has 1 fully saturated rings. The van der Waals surface area contributed by atoms with Crippen molar-refractivity contribution < 1.29 is 8.42 Å². The predicted molar refractivity (Wildman–Crippen MR) is 113 cm³/mol. The molecule has 28 heavy (non-hydrogen) atoms. The maximum Gasteiger partial charge on any atom is 0.254 e. The Balaban J connectivity index is 1.67. The van der Waals surface area contributed by atoms with Crippen LogP contribution < -0.4 is 10.0 Å². The molecule has 1 aromatic heterocycles. The quantitative estimate of drug-likeness (QED) is 0.640. The van der Waals surface area contributed by atoms with Gasteiger partial charge >= 0.3 is 0 Å². The number of fused-ring (bicyclic) bond motifs is 1. The van der Waals surface area contributed by atoms with E-state index in [9.17, 15) is 8.42 Å². The highest BCUT2D eigenvalue weighted by Crippen LogP contribution is 2.28. The molecule has 0 spiro atoms. The average Bonchev–Trinajstić information content (AvgIpc) is 2.73. The molecule has 1 saturated carbocycles. The molecule has 0 radical (unpaired) electrons. The summed E-state index contributed by atoms with van der Waals surface area (Å²) in [5.41, 5.74) is 0.737. The van der Waals surface area contributed by atoms with Gasteiger partial charge in [0.05, 0.1) is 0 Å². The van der Waals surface area contributed by atoms with Gasteiger partial charge in [0.25, 0.3) is 10.0 Å². The Labute approximate surface area is 166 Å². The molecule has 3 aromatic rings. The van der Waals surface area contributed by atoms with E-state index in [4.69, 9.17) is 0 Å². The Bertz CT molecular complexity index is 1030. The molecule has 6 heteroatoms. The lowest BCUT2D eigenvalue weighted by atomic mass is 9.95. The number of benzene rings is 2. The van der Waals surface area contributed by atoms with E-state index >= 15 is 0 Å². The van der Waals surface area contributed by atoms with Gasteiger partial charge in [-0.1, -0.05) is 73.9 Å². The van der Waals surface area contributed by atoms with Crippen molar-refractivity contribution >= 4 is 26.6 Å². The molecule has 2 N–H and O–H groups in total. The molecule has 0 amide bonds. The molecule has 1 aliphatic rings. The molecule has 0 bridgehead atoms. The molecule has 2 aromatic carbocycles. The largest absolute Gasteiger partial charge is 0.293 e. The highest BCUT2D eigenvalue weighted by atomic mass is 32.2. The van der Waals surface area contributed by atoms with Crippen LogP contribution in [0.4, 0.5) is 5.82 Å². The predicted octanol–water partition coefficient (Wildman–Crippen LogP) is 4.60. The average molecular weight is 396 g/mol. The zero-order chi connectivity index (χ0) is 19.4. The number of pyridine rings is 1. The van der Waals surface area contributed by atoms with E-state index in [-0.39, 0.29) is 6.04 Å². The summed E-state index contributed by atoms with van der Waals surface area (Å²) in [5, 5.41) is 4.32. The Morgan fingerprint density at radius 2 is 1.61 bits per heavy atom. The first-order valence-electron chi connectivity index (χ1n) is 9.80. The minimum absolute atomic E-state index is 0.205. The van der Waals surface area contributed by atoms with Gasteiger partial charge < -0.3 is 0 Å². The minimum Gasteiger partial charge on any atom is -0.293 e. The standard InChI is InChI=1S/C22H25N3O2S/c26-28(27,25-21-20-14-8-7-9-17(20)15-16-23-21)22(18-10-3-1-4-11-18)24-19-12-5-2-6-13-19/h1,3-4,7-11,14-16,19,22,24H,2,5-6,12-13H2,(H,23,25). The number of anilines is 1. The third-order valence-corrected chi connectivity index (χ3v) is 6.82. The summed E-state index contributed by atoms with van der Waals surface area (Å²) in [6, 6.07) is 19.1. The smallest absolute Gasteiger partial charge is 0.254 e. The van der Waals surface area contributed by atoms with Gasteiger partial charge in [-0.2, -0.15) is 0 Å². The van der Waals surface area contributed by atoms with Crippen LogP contribution in [0.15, 0.2) is 66.9 Å². The van der Waals surface area contributed by atoms with Crippen LogP contribution >= 0.6 is 0 Å². The molecule has 4 rings (SSSR count). The van der Waals surface area contributed by atoms with E-state index in [1.165, 1.54) is 6.42 Å². The number of nitrogens with zero attached hydrogens (tertiary/aromatic N) is 1. The van der Waals surface area contributed by atoms with E-state index in [0.717, 1.165) is 42.0 Å². The number of rotatable bonds is 6. The first kappa shape index (κ1) is 18.9. The van der Waals surface area contributed by atoms with Crippen molar-refractivity contribution in [3.8, 4) is 0 Å².